The number of ether oxygens (including phenoxy) is 1. The van der Waals surface area contributed by atoms with Crippen molar-refractivity contribution in [3.8, 4) is 11.5 Å². The lowest BCUT2D eigenvalue weighted by molar-refractivity contribution is -0.384. The zero-order chi connectivity index (χ0) is 20.7. The molecule has 0 bridgehead atoms. The monoisotopic (exact) mass is 385 g/mol. The maximum absolute atomic E-state index is 13.0. The molecule has 2 amide bonds. The van der Waals surface area contributed by atoms with Crippen LogP contribution in [0.15, 0.2) is 48.5 Å². The molecule has 28 heavy (non-hydrogen) atoms. The Morgan fingerprint density at radius 2 is 1.86 bits per heavy atom. The van der Waals surface area contributed by atoms with Crippen LogP contribution < -0.4 is 10.1 Å². The number of carbonyl (C=O) groups is 2. The number of rotatable bonds is 8. The van der Waals surface area contributed by atoms with Gasteiger partial charge in [0, 0.05) is 24.7 Å². The van der Waals surface area contributed by atoms with Crippen molar-refractivity contribution < 1.29 is 19.2 Å². The summed E-state index contributed by atoms with van der Waals surface area (Å²) in [5.74, 6) is -0.146. The number of benzene rings is 2. The largest absolute Gasteiger partial charge is 0.457 e. The van der Waals surface area contributed by atoms with Crippen LogP contribution in [0.25, 0.3) is 0 Å². The molecule has 2 rings (SSSR count). The van der Waals surface area contributed by atoms with E-state index in [1.165, 1.54) is 23.1 Å². The smallest absolute Gasteiger partial charge is 0.270 e. The van der Waals surface area contributed by atoms with Gasteiger partial charge in [-0.15, -0.1) is 0 Å². The van der Waals surface area contributed by atoms with E-state index in [9.17, 15) is 19.7 Å². The Hall–Kier alpha value is -3.42. The Morgan fingerprint density at radius 1 is 1.18 bits per heavy atom. The number of hydrogen-bond donors (Lipinski definition) is 1. The van der Waals surface area contributed by atoms with Gasteiger partial charge >= 0.3 is 0 Å². The Bertz CT molecular complexity index is 852. The molecule has 0 radical (unpaired) electrons. The minimum atomic E-state index is -0.579. The molecule has 1 N–H and O–H groups in total. The summed E-state index contributed by atoms with van der Waals surface area (Å²) >= 11 is 0. The number of nitro benzene ring substituents is 1. The van der Waals surface area contributed by atoms with Gasteiger partial charge in [0.15, 0.2) is 0 Å². The summed E-state index contributed by atoms with van der Waals surface area (Å²) in [6.45, 7) is 5.49. The summed E-state index contributed by atoms with van der Waals surface area (Å²) in [6.07, 6.45) is 0. The van der Waals surface area contributed by atoms with E-state index in [1.54, 1.807) is 31.2 Å². The van der Waals surface area contributed by atoms with Crippen molar-refractivity contribution >= 4 is 17.5 Å². The number of nitro groups is 1. The van der Waals surface area contributed by atoms with Gasteiger partial charge < -0.3 is 15.0 Å². The van der Waals surface area contributed by atoms with E-state index in [0.29, 0.717) is 5.75 Å². The van der Waals surface area contributed by atoms with Gasteiger partial charge in [0.2, 0.25) is 5.91 Å². The molecule has 2 aromatic rings. The molecule has 0 fully saturated rings. The van der Waals surface area contributed by atoms with Crippen molar-refractivity contribution in [3.63, 3.8) is 0 Å². The third kappa shape index (κ3) is 5.54. The lowest BCUT2D eigenvalue weighted by Gasteiger charge is -2.22. The molecule has 0 aromatic heterocycles. The fourth-order valence-corrected chi connectivity index (χ4v) is 2.54. The molecule has 0 aliphatic heterocycles. The van der Waals surface area contributed by atoms with E-state index in [2.05, 4.69) is 5.32 Å². The third-order valence-electron chi connectivity index (χ3n) is 3.83. The van der Waals surface area contributed by atoms with Crippen LogP contribution in [0.2, 0.25) is 0 Å². The molecule has 0 aliphatic carbocycles. The van der Waals surface area contributed by atoms with Crippen LogP contribution in [0.3, 0.4) is 0 Å². The molecule has 8 heteroatoms. The normalized spacial score (nSPS) is 10.4. The number of nitrogens with one attached hydrogen (secondary N) is 1. The van der Waals surface area contributed by atoms with Crippen LogP contribution in [0.1, 0.15) is 31.1 Å². The maximum Gasteiger partial charge on any atom is 0.270 e. The Labute approximate surface area is 163 Å². The predicted molar refractivity (Wildman–Crippen MR) is 104 cm³/mol. The molecule has 2 aromatic carbocycles. The first-order valence-corrected chi connectivity index (χ1v) is 8.91. The number of amides is 2. The number of likely N-dealkylation sites (N-methyl/N-ethyl adjacent to an activating group) is 1. The van der Waals surface area contributed by atoms with E-state index < -0.39 is 10.8 Å². The second-order valence-electron chi connectivity index (χ2n) is 6.39. The molecular formula is C20H23N3O5. The summed E-state index contributed by atoms with van der Waals surface area (Å²) in [4.78, 5) is 37.0. The number of hydrogen-bond acceptors (Lipinski definition) is 5. The third-order valence-corrected chi connectivity index (χ3v) is 3.83. The van der Waals surface area contributed by atoms with E-state index in [0.717, 1.165) is 0 Å². The summed E-state index contributed by atoms with van der Waals surface area (Å²) in [5.41, 5.74) is -0.205. The van der Waals surface area contributed by atoms with Crippen LogP contribution in [-0.2, 0) is 4.79 Å². The summed E-state index contributed by atoms with van der Waals surface area (Å²) in [6, 6.07) is 12.6. The Kier molecular flexibility index (Phi) is 7.08. The van der Waals surface area contributed by atoms with Crippen LogP contribution >= 0.6 is 0 Å². The highest BCUT2D eigenvalue weighted by Gasteiger charge is 2.24. The second kappa shape index (κ2) is 9.50. The van der Waals surface area contributed by atoms with Gasteiger partial charge in [0.1, 0.15) is 11.5 Å². The summed E-state index contributed by atoms with van der Waals surface area (Å²) in [7, 11) is 0. The van der Waals surface area contributed by atoms with Crippen molar-refractivity contribution in [3.05, 3.63) is 64.2 Å². The molecule has 0 saturated carbocycles. The fourth-order valence-electron chi connectivity index (χ4n) is 2.54. The highest BCUT2D eigenvalue weighted by molar-refractivity contribution is 5.99. The first-order chi connectivity index (χ1) is 13.3. The molecule has 0 spiro atoms. The van der Waals surface area contributed by atoms with Crippen LogP contribution in [0, 0.1) is 10.1 Å². The zero-order valence-electron chi connectivity index (χ0n) is 16.0. The van der Waals surface area contributed by atoms with Gasteiger partial charge in [-0.1, -0.05) is 18.2 Å². The molecule has 8 nitrogen and oxygen atoms in total. The number of non-ortho nitro benzene ring substituents is 1. The highest BCUT2D eigenvalue weighted by atomic mass is 16.6. The molecular weight excluding hydrogens is 362 g/mol. The van der Waals surface area contributed by atoms with Gasteiger partial charge in [0.05, 0.1) is 17.0 Å². The quantitative estimate of drug-likeness (QED) is 0.554. The highest BCUT2D eigenvalue weighted by Crippen LogP contribution is 2.29. The summed E-state index contributed by atoms with van der Waals surface area (Å²) < 4.78 is 5.76. The topological polar surface area (TPSA) is 102 Å². The molecule has 0 saturated heterocycles. The summed E-state index contributed by atoms with van der Waals surface area (Å²) in [5, 5.41) is 13.9. The minimum Gasteiger partial charge on any atom is -0.457 e. The number of nitrogens with zero attached hydrogens (tertiary/aromatic N) is 2. The predicted octanol–water partition coefficient (Wildman–Crippen LogP) is 3.37. The average Bonchev–Trinajstić information content (AvgIpc) is 2.66. The lowest BCUT2D eigenvalue weighted by Crippen LogP contribution is -2.42. The van der Waals surface area contributed by atoms with Crippen molar-refractivity contribution in [2.45, 2.75) is 26.8 Å². The van der Waals surface area contributed by atoms with Crippen molar-refractivity contribution in [2.24, 2.45) is 0 Å². The van der Waals surface area contributed by atoms with Gasteiger partial charge in [-0.2, -0.15) is 0 Å². The van der Waals surface area contributed by atoms with Gasteiger partial charge in [-0.3, -0.25) is 19.7 Å². The SMILES string of the molecule is CCN(CC(=O)NC(C)C)C(=O)c1cc([N+](=O)[O-])ccc1Oc1ccccc1. The van der Waals surface area contributed by atoms with Crippen molar-refractivity contribution in [1.82, 2.24) is 10.2 Å². The van der Waals surface area contributed by atoms with E-state index >= 15 is 0 Å². The molecule has 0 unspecified atom stereocenters. The fraction of sp³-hybridized carbons (Fsp3) is 0.300. The van der Waals surface area contributed by atoms with E-state index in [4.69, 9.17) is 4.74 Å². The van der Waals surface area contributed by atoms with E-state index in [1.807, 2.05) is 19.9 Å². The molecule has 0 aliphatic rings. The molecule has 0 atom stereocenters. The average molecular weight is 385 g/mol. The minimum absolute atomic E-state index is 0.0252. The van der Waals surface area contributed by atoms with Crippen LogP contribution in [-0.4, -0.2) is 40.8 Å². The number of para-hydroxylation sites is 1. The number of carbonyl (C=O) groups excluding carboxylic acids is 2. The Morgan fingerprint density at radius 3 is 2.43 bits per heavy atom. The molecule has 0 heterocycles. The van der Waals surface area contributed by atoms with Gasteiger partial charge in [-0.05, 0) is 39.0 Å². The van der Waals surface area contributed by atoms with Crippen LogP contribution in [0.5, 0.6) is 11.5 Å². The standard InChI is InChI=1S/C20H23N3O5/c1-4-22(13-19(24)21-14(2)3)20(25)17-12-15(23(26)27)10-11-18(17)28-16-8-6-5-7-9-16/h5-12,14H,4,13H2,1-3H3,(H,21,24). The van der Waals surface area contributed by atoms with E-state index in [-0.39, 0.29) is 42.0 Å². The zero-order valence-corrected chi connectivity index (χ0v) is 16.0. The van der Waals surface area contributed by atoms with Crippen molar-refractivity contribution in [2.75, 3.05) is 13.1 Å². The maximum atomic E-state index is 13.0. The first-order valence-electron chi connectivity index (χ1n) is 8.91. The van der Waals surface area contributed by atoms with Gasteiger partial charge in [-0.25, -0.2) is 0 Å². The molecule has 148 valence electrons. The lowest BCUT2D eigenvalue weighted by atomic mass is 10.1. The van der Waals surface area contributed by atoms with Crippen LogP contribution in [0.4, 0.5) is 5.69 Å². The Balaban J connectivity index is 2.35. The second-order valence-corrected chi connectivity index (χ2v) is 6.39. The van der Waals surface area contributed by atoms with Gasteiger partial charge in [0.25, 0.3) is 11.6 Å². The van der Waals surface area contributed by atoms with Crippen molar-refractivity contribution in [1.29, 1.82) is 0 Å². The first kappa shape index (κ1) is 20.9.